The minimum Gasteiger partial charge on any atom is -0.319 e. The largest absolute Gasteiger partial charge is 0.319 e. The first-order valence-corrected chi connectivity index (χ1v) is 10.1. The lowest BCUT2D eigenvalue weighted by Gasteiger charge is -2.15. The van der Waals surface area contributed by atoms with Crippen LogP contribution < -0.4 is 10.0 Å². The number of hydrogen-bond donors (Lipinski definition) is 2. The van der Waals surface area contributed by atoms with Gasteiger partial charge in [0.25, 0.3) is 0 Å². The zero-order valence-corrected chi connectivity index (χ0v) is 14.5. The van der Waals surface area contributed by atoms with Gasteiger partial charge >= 0.3 is 0 Å². The molecule has 0 bridgehead atoms. The monoisotopic (exact) mass is 330 g/mol. The molecule has 2 N–H and O–H groups in total. The molecular weight excluding hydrogens is 304 g/mol. The third-order valence-electron chi connectivity index (χ3n) is 4.10. The molecule has 0 saturated heterocycles. The number of hydrogen-bond acceptors (Lipinski definition) is 4. The highest BCUT2D eigenvalue weighted by Gasteiger charge is 2.23. The van der Waals surface area contributed by atoms with Crippen molar-refractivity contribution in [2.24, 2.45) is 5.92 Å². The van der Waals surface area contributed by atoms with E-state index in [1.165, 1.54) is 17.8 Å². The molecule has 1 aliphatic rings. The third-order valence-corrected chi connectivity index (χ3v) is 7.26. The molecule has 0 amide bonds. The zero-order valence-electron chi connectivity index (χ0n) is 12.9. The molecule has 1 fully saturated rings. The predicted octanol–water partition coefficient (Wildman–Crippen LogP) is 2.76. The maximum absolute atomic E-state index is 12.5. The molecule has 0 aliphatic heterocycles. The van der Waals surface area contributed by atoms with Crippen molar-refractivity contribution in [3.8, 4) is 0 Å². The highest BCUT2D eigenvalue weighted by Crippen LogP contribution is 2.26. The SMILES string of the molecule is CNCCc1ccc(S(=O)(=O)NC2CCCC(C)CC2)s1. The van der Waals surface area contributed by atoms with Gasteiger partial charge in [0.05, 0.1) is 0 Å². The Balaban J connectivity index is 1.99. The smallest absolute Gasteiger partial charge is 0.250 e. The first-order valence-electron chi connectivity index (χ1n) is 7.77. The quantitative estimate of drug-likeness (QED) is 0.789. The van der Waals surface area contributed by atoms with Crippen LogP contribution in [0.5, 0.6) is 0 Å². The summed E-state index contributed by atoms with van der Waals surface area (Å²) in [5.74, 6) is 0.717. The van der Waals surface area contributed by atoms with Gasteiger partial charge in [-0.15, -0.1) is 11.3 Å². The molecule has 2 atom stereocenters. The molecular formula is C15H26N2O2S2. The van der Waals surface area contributed by atoms with E-state index in [9.17, 15) is 8.42 Å². The van der Waals surface area contributed by atoms with E-state index in [2.05, 4.69) is 17.0 Å². The third kappa shape index (κ3) is 5.06. The lowest BCUT2D eigenvalue weighted by molar-refractivity contribution is 0.485. The van der Waals surface area contributed by atoms with Crippen molar-refractivity contribution in [2.75, 3.05) is 13.6 Å². The van der Waals surface area contributed by atoms with Gasteiger partial charge in [0.1, 0.15) is 4.21 Å². The Morgan fingerprint density at radius 1 is 1.24 bits per heavy atom. The topological polar surface area (TPSA) is 58.2 Å². The Morgan fingerprint density at radius 2 is 2.05 bits per heavy atom. The van der Waals surface area contributed by atoms with E-state index in [0.717, 1.165) is 49.4 Å². The van der Waals surface area contributed by atoms with Gasteiger partial charge in [-0.25, -0.2) is 13.1 Å². The van der Waals surface area contributed by atoms with Crippen LogP contribution >= 0.6 is 11.3 Å². The molecule has 4 nitrogen and oxygen atoms in total. The van der Waals surface area contributed by atoms with Gasteiger partial charge in [0.15, 0.2) is 0 Å². The second kappa shape index (κ2) is 7.72. The van der Waals surface area contributed by atoms with Crippen LogP contribution in [0.25, 0.3) is 0 Å². The van der Waals surface area contributed by atoms with Crippen LogP contribution in [0.4, 0.5) is 0 Å². The van der Waals surface area contributed by atoms with Crippen LogP contribution in [0.1, 0.15) is 43.9 Å². The fourth-order valence-corrected chi connectivity index (χ4v) is 5.44. The summed E-state index contributed by atoms with van der Waals surface area (Å²) in [6.45, 7) is 3.12. The lowest BCUT2D eigenvalue weighted by atomic mass is 10.0. The summed E-state index contributed by atoms with van der Waals surface area (Å²) >= 11 is 1.38. The summed E-state index contributed by atoms with van der Waals surface area (Å²) in [6, 6.07) is 3.76. The molecule has 1 aromatic heterocycles. The second-order valence-corrected chi connectivity index (χ2v) is 9.12. The highest BCUT2D eigenvalue weighted by atomic mass is 32.2. The Hall–Kier alpha value is -0.430. The van der Waals surface area contributed by atoms with Crippen LogP contribution in [-0.2, 0) is 16.4 Å². The summed E-state index contributed by atoms with van der Waals surface area (Å²) in [5, 5.41) is 3.08. The van der Waals surface area contributed by atoms with Crippen molar-refractivity contribution in [1.82, 2.24) is 10.0 Å². The molecule has 1 aromatic rings. The number of nitrogens with one attached hydrogen (secondary N) is 2. The first-order chi connectivity index (χ1) is 10.0. The van der Waals surface area contributed by atoms with Gasteiger partial charge in [0.2, 0.25) is 10.0 Å². The molecule has 120 valence electrons. The molecule has 21 heavy (non-hydrogen) atoms. The molecule has 1 aliphatic carbocycles. The fraction of sp³-hybridized carbons (Fsp3) is 0.733. The maximum atomic E-state index is 12.5. The van der Waals surface area contributed by atoms with Gasteiger partial charge in [-0.05, 0) is 57.3 Å². The van der Waals surface area contributed by atoms with Gasteiger partial charge in [0, 0.05) is 10.9 Å². The number of thiophene rings is 1. The Morgan fingerprint density at radius 3 is 2.81 bits per heavy atom. The molecule has 1 heterocycles. The van der Waals surface area contributed by atoms with Crippen molar-refractivity contribution in [2.45, 2.75) is 55.7 Å². The van der Waals surface area contributed by atoms with Gasteiger partial charge in [-0.3, -0.25) is 0 Å². The molecule has 0 aromatic carbocycles. The van der Waals surface area contributed by atoms with E-state index in [1.807, 2.05) is 13.1 Å². The minimum absolute atomic E-state index is 0.0998. The van der Waals surface area contributed by atoms with Crippen molar-refractivity contribution in [3.05, 3.63) is 17.0 Å². The lowest BCUT2D eigenvalue weighted by Crippen LogP contribution is -2.34. The van der Waals surface area contributed by atoms with E-state index >= 15 is 0 Å². The van der Waals surface area contributed by atoms with Crippen LogP contribution in [0.15, 0.2) is 16.3 Å². The summed E-state index contributed by atoms with van der Waals surface area (Å²) in [7, 11) is -1.45. The molecule has 6 heteroatoms. The number of sulfonamides is 1. The van der Waals surface area contributed by atoms with Gasteiger partial charge in [-0.2, -0.15) is 0 Å². The zero-order chi connectivity index (χ0) is 15.3. The number of likely N-dealkylation sites (N-methyl/N-ethyl adjacent to an activating group) is 1. The highest BCUT2D eigenvalue weighted by molar-refractivity contribution is 7.91. The van der Waals surface area contributed by atoms with E-state index in [-0.39, 0.29) is 6.04 Å². The Bertz CT molecular complexity index is 540. The second-order valence-electron chi connectivity index (χ2n) is 6.01. The van der Waals surface area contributed by atoms with Gasteiger partial charge < -0.3 is 5.32 Å². The standard InChI is InChI=1S/C15H26N2O2S2/c1-12-4-3-5-13(7-6-12)17-21(18,19)15-9-8-14(20-15)10-11-16-2/h8-9,12-13,16-17H,3-7,10-11H2,1-2H3. The molecule has 1 saturated carbocycles. The molecule has 2 unspecified atom stereocenters. The van der Waals surface area contributed by atoms with E-state index in [0.29, 0.717) is 4.21 Å². The van der Waals surface area contributed by atoms with Crippen LogP contribution in [0.3, 0.4) is 0 Å². The van der Waals surface area contributed by atoms with Crippen molar-refractivity contribution < 1.29 is 8.42 Å². The molecule has 0 radical (unpaired) electrons. The summed E-state index contributed by atoms with van der Waals surface area (Å²) in [6.07, 6.45) is 6.24. The normalized spacial score (nSPS) is 23.9. The van der Waals surface area contributed by atoms with E-state index in [1.54, 1.807) is 6.07 Å². The maximum Gasteiger partial charge on any atom is 0.250 e. The summed E-state index contributed by atoms with van der Waals surface area (Å²) < 4.78 is 28.3. The summed E-state index contributed by atoms with van der Waals surface area (Å²) in [5.41, 5.74) is 0. The molecule has 0 spiro atoms. The van der Waals surface area contributed by atoms with Crippen LogP contribution in [0.2, 0.25) is 0 Å². The van der Waals surface area contributed by atoms with Crippen molar-refractivity contribution in [1.29, 1.82) is 0 Å². The van der Waals surface area contributed by atoms with Crippen molar-refractivity contribution in [3.63, 3.8) is 0 Å². The van der Waals surface area contributed by atoms with E-state index in [4.69, 9.17) is 0 Å². The van der Waals surface area contributed by atoms with Crippen molar-refractivity contribution >= 4 is 21.4 Å². The molecule has 2 rings (SSSR count). The van der Waals surface area contributed by atoms with Crippen LogP contribution in [0, 0.1) is 5.92 Å². The fourth-order valence-electron chi connectivity index (χ4n) is 2.77. The number of rotatable bonds is 6. The van der Waals surface area contributed by atoms with Crippen LogP contribution in [-0.4, -0.2) is 28.1 Å². The summed E-state index contributed by atoms with van der Waals surface area (Å²) in [4.78, 5) is 1.11. The Kier molecular flexibility index (Phi) is 6.22. The average Bonchev–Trinajstić information content (AvgIpc) is 2.83. The van der Waals surface area contributed by atoms with E-state index < -0.39 is 10.0 Å². The average molecular weight is 331 g/mol. The van der Waals surface area contributed by atoms with Gasteiger partial charge in [-0.1, -0.05) is 19.8 Å². The Labute approximate surface area is 132 Å². The minimum atomic E-state index is -3.35. The predicted molar refractivity (Wildman–Crippen MR) is 88.3 cm³/mol. The first kappa shape index (κ1) is 16.9.